The fraction of sp³-hybridized carbons (Fsp3) is 0.207. The Bertz CT molecular complexity index is 1700. The first kappa shape index (κ1) is 26.4. The molecule has 0 bridgehead atoms. The normalized spacial score (nSPS) is 20.4. The Morgan fingerprint density at radius 3 is 2.50 bits per heavy atom. The Morgan fingerprint density at radius 2 is 1.73 bits per heavy atom. The van der Waals surface area contributed by atoms with E-state index in [0.29, 0.717) is 21.2 Å². The summed E-state index contributed by atoms with van der Waals surface area (Å²) >= 11 is 2.02. The first-order valence-corrected chi connectivity index (χ1v) is 14.0. The molecule has 0 saturated carbocycles. The summed E-state index contributed by atoms with van der Waals surface area (Å²) in [6, 6.07) is 19.2. The molecular formula is C29H21F3N2O4S2. The van der Waals surface area contributed by atoms with Crippen LogP contribution in [-0.2, 0) is 22.4 Å². The van der Waals surface area contributed by atoms with Crippen molar-refractivity contribution in [1.29, 1.82) is 0 Å². The molecule has 11 heteroatoms. The van der Waals surface area contributed by atoms with Gasteiger partial charge < -0.3 is 9.72 Å². The van der Waals surface area contributed by atoms with Crippen LogP contribution in [-0.4, -0.2) is 22.0 Å². The summed E-state index contributed by atoms with van der Waals surface area (Å²) in [5, 5.41) is -0.462. The van der Waals surface area contributed by atoms with Crippen LogP contribution in [0.15, 0.2) is 82.6 Å². The molecule has 1 N–H and O–H groups in total. The van der Waals surface area contributed by atoms with Crippen molar-refractivity contribution >= 4 is 40.6 Å². The van der Waals surface area contributed by atoms with Crippen molar-refractivity contribution in [2.75, 3.05) is 4.90 Å². The molecule has 1 aromatic heterocycles. The Balaban J connectivity index is 1.42. The number of aromatic nitrogens is 1. The van der Waals surface area contributed by atoms with Gasteiger partial charge in [0.25, 0.3) is 0 Å². The Morgan fingerprint density at radius 1 is 0.950 bits per heavy atom. The summed E-state index contributed by atoms with van der Waals surface area (Å²) in [6.45, 7) is 2.24. The van der Waals surface area contributed by atoms with E-state index in [1.54, 1.807) is 24.3 Å². The topological polar surface area (TPSA) is 79.5 Å². The summed E-state index contributed by atoms with van der Waals surface area (Å²) in [5.41, 5.74) is 1.55. The molecule has 2 aliphatic heterocycles. The van der Waals surface area contributed by atoms with Gasteiger partial charge in [0.15, 0.2) is 0 Å². The number of benzene rings is 3. The molecule has 0 unspecified atom stereocenters. The van der Waals surface area contributed by atoms with E-state index >= 15 is 0 Å². The molecule has 6 rings (SSSR count). The van der Waals surface area contributed by atoms with E-state index in [1.807, 2.05) is 31.2 Å². The van der Waals surface area contributed by atoms with Gasteiger partial charge in [-0.25, -0.2) is 4.90 Å². The number of carbonyl (C=O) groups is 2. The number of hydrogen-bond acceptors (Lipinski definition) is 6. The van der Waals surface area contributed by atoms with E-state index in [4.69, 9.17) is 4.74 Å². The van der Waals surface area contributed by atoms with Crippen LogP contribution in [0.4, 0.5) is 18.9 Å². The number of nitrogens with zero attached hydrogens (tertiary/aromatic N) is 1. The second kappa shape index (κ2) is 9.97. The number of ether oxygens (including phenoxy) is 1. The van der Waals surface area contributed by atoms with Gasteiger partial charge in [0.05, 0.1) is 22.2 Å². The highest BCUT2D eigenvalue weighted by Crippen LogP contribution is 2.54. The van der Waals surface area contributed by atoms with Gasteiger partial charge in [0.1, 0.15) is 17.6 Å². The molecule has 3 atom stereocenters. The van der Waals surface area contributed by atoms with E-state index in [9.17, 15) is 27.6 Å². The van der Waals surface area contributed by atoms with E-state index in [0.717, 1.165) is 51.3 Å². The Labute approximate surface area is 234 Å². The number of aromatic amines is 1. The third-order valence-corrected chi connectivity index (χ3v) is 9.39. The maximum Gasteiger partial charge on any atom is 0.416 e. The zero-order valence-corrected chi connectivity index (χ0v) is 22.5. The van der Waals surface area contributed by atoms with Crippen molar-refractivity contribution in [3.8, 4) is 5.75 Å². The molecule has 3 heterocycles. The number of imide groups is 1. The van der Waals surface area contributed by atoms with E-state index in [2.05, 4.69) is 4.98 Å². The number of fused-ring (bicyclic) bond motifs is 2. The lowest BCUT2D eigenvalue weighted by atomic mass is 9.82. The SMILES string of the molecule is Cc1cccc(COc2ccccc2[C@@H]2c3sc(=O)[nH]c3S[C@H]3C(=O)N(c4cccc(C(F)(F)F)c4)C(=O)[C@@H]23)c1. The van der Waals surface area contributed by atoms with Crippen LogP contribution in [0.5, 0.6) is 5.75 Å². The first-order chi connectivity index (χ1) is 19.1. The molecule has 40 heavy (non-hydrogen) atoms. The van der Waals surface area contributed by atoms with E-state index in [-0.39, 0.29) is 17.2 Å². The van der Waals surface area contributed by atoms with Gasteiger partial charge in [-0.15, -0.1) is 0 Å². The molecule has 204 valence electrons. The van der Waals surface area contributed by atoms with Gasteiger partial charge in [0.2, 0.25) is 11.8 Å². The van der Waals surface area contributed by atoms with E-state index < -0.39 is 40.6 Å². The third kappa shape index (κ3) is 4.62. The molecule has 1 saturated heterocycles. The summed E-state index contributed by atoms with van der Waals surface area (Å²) < 4.78 is 46.5. The zero-order chi connectivity index (χ0) is 28.2. The predicted octanol–water partition coefficient (Wildman–Crippen LogP) is 6.14. The first-order valence-electron chi connectivity index (χ1n) is 12.3. The van der Waals surface area contributed by atoms with Crippen LogP contribution in [0.25, 0.3) is 0 Å². The van der Waals surface area contributed by atoms with Crippen LogP contribution in [0.2, 0.25) is 0 Å². The molecule has 6 nitrogen and oxygen atoms in total. The lowest BCUT2D eigenvalue weighted by Crippen LogP contribution is -2.32. The second-order valence-electron chi connectivity index (χ2n) is 9.63. The number of para-hydroxylation sites is 1. The number of thiazole rings is 1. The Hall–Kier alpha value is -3.83. The van der Waals surface area contributed by atoms with Gasteiger partial charge in [-0.05, 0) is 36.8 Å². The number of thioether (sulfide) groups is 1. The van der Waals surface area contributed by atoms with Crippen LogP contribution in [0.3, 0.4) is 0 Å². The van der Waals surface area contributed by atoms with Crippen LogP contribution < -0.4 is 14.5 Å². The summed E-state index contributed by atoms with van der Waals surface area (Å²) in [7, 11) is 0. The standard InChI is InChI=1S/C29H21F3N2O4S2/c1-15-6-4-7-16(12-15)14-38-20-11-3-2-10-19(20)21-22-24(39-25-23(21)40-28(37)33-25)27(36)34(26(22)35)18-9-5-8-17(13-18)29(30,31)32/h2-13,21-22,24H,14H2,1H3,(H,33,37)/t21-,22-,24+/m0/s1. The number of alkyl halides is 3. The molecule has 0 radical (unpaired) electrons. The molecule has 1 fully saturated rings. The monoisotopic (exact) mass is 582 g/mol. The van der Waals surface area contributed by atoms with Crippen molar-refractivity contribution in [3.05, 3.63) is 110 Å². The Kier molecular flexibility index (Phi) is 6.58. The number of rotatable bonds is 5. The minimum absolute atomic E-state index is 0.139. The third-order valence-electron chi connectivity index (χ3n) is 6.99. The second-order valence-corrected chi connectivity index (χ2v) is 11.8. The van der Waals surface area contributed by atoms with Gasteiger partial charge in [-0.3, -0.25) is 14.4 Å². The molecule has 0 aliphatic carbocycles. The highest BCUT2D eigenvalue weighted by Gasteiger charge is 2.57. The number of anilines is 1. The van der Waals surface area contributed by atoms with Gasteiger partial charge in [-0.1, -0.05) is 77.2 Å². The lowest BCUT2D eigenvalue weighted by Gasteiger charge is -2.30. The lowest BCUT2D eigenvalue weighted by molar-refractivity contribution is -0.137. The predicted molar refractivity (Wildman–Crippen MR) is 146 cm³/mol. The van der Waals surface area contributed by atoms with Crippen LogP contribution in [0.1, 0.15) is 33.0 Å². The minimum atomic E-state index is -4.64. The zero-order valence-electron chi connectivity index (χ0n) is 20.9. The molecular weight excluding hydrogens is 561 g/mol. The maximum atomic E-state index is 13.9. The fourth-order valence-electron chi connectivity index (χ4n) is 5.26. The van der Waals surface area contributed by atoms with Gasteiger partial charge in [-0.2, -0.15) is 13.2 Å². The van der Waals surface area contributed by atoms with Crippen molar-refractivity contribution in [3.63, 3.8) is 0 Å². The number of aryl methyl sites for hydroxylation is 1. The number of H-pyrrole nitrogens is 1. The maximum absolute atomic E-state index is 13.9. The quantitative estimate of drug-likeness (QED) is 0.286. The number of nitrogens with one attached hydrogen (secondary N) is 1. The van der Waals surface area contributed by atoms with Crippen molar-refractivity contribution in [1.82, 2.24) is 4.98 Å². The summed E-state index contributed by atoms with van der Waals surface area (Å²) in [6.07, 6.45) is -4.64. The van der Waals surface area contributed by atoms with Crippen molar-refractivity contribution in [2.45, 2.75) is 35.9 Å². The smallest absolute Gasteiger partial charge is 0.416 e. The molecule has 2 aliphatic rings. The number of halogens is 3. The van der Waals surface area contributed by atoms with Crippen molar-refractivity contribution in [2.24, 2.45) is 5.92 Å². The molecule has 3 aromatic carbocycles. The highest BCUT2D eigenvalue weighted by molar-refractivity contribution is 8.00. The minimum Gasteiger partial charge on any atom is -0.489 e. The average Bonchev–Trinajstić information content (AvgIpc) is 3.41. The number of hydrogen-bond donors (Lipinski definition) is 1. The summed E-state index contributed by atoms with van der Waals surface area (Å²) in [5.74, 6) is -2.42. The molecule has 2 amide bonds. The molecule has 4 aromatic rings. The van der Waals surface area contributed by atoms with Crippen LogP contribution in [0, 0.1) is 12.8 Å². The van der Waals surface area contributed by atoms with Crippen molar-refractivity contribution < 1.29 is 27.5 Å². The molecule has 0 spiro atoms. The largest absolute Gasteiger partial charge is 0.489 e. The van der Waals surface area contributed by atoms with Gasteiger partial charge >= 0.3 is 11.0 Å². The van der Waals surface area contributed by atoms with Crippen LogP contribution >= 0.6 is 23.1 Å². The number of amides is 2. The number of carbonyl (C=O) groups excluding carboxylic acids is 2. The summed E-state index contributed by atoms with van der Waals surface area (Å²) in [4.78, 5) is 43.8. The van der Waals surface area contributed by atoms with Gasteiger partial charge in [0, 0.05) is 16.4 Å². The van der Waals surface area contributed by atoms with E-state index in [1.165, 1.54) is 12.1 Å². The highest BCUT2D eigenvalue weighted by atomic mass is 32.2. The fourth-order valence-corrected chi connectivity index (χ4v) is 7.77. The average molecular weight is 583 g/mol.